The molecule has 3 aromatic rings. The molecule has 0 atom stereocenters. The Bertz CT molecular complexity index is 1250. The Morgan fingerprint density at radius 2 is 1.70 bits per heavy atom. The van der Waals surface area contributed by atoms with Gasteiger partial charge in [0, 0.05) is 24.5 Å². The fraction of sp³-hybridized carbons (Fsp3) is 0.414. The number of halogens is 3. The van der Waals surface area contributed by atoms with Crippen molar-refractivity contribution < 1.29 is 27.4 Å². The van der Waals surface area contributed by atoms with Crippen molar-refractivity contribution in [3.05, 3.63) is 75.0 Å². The van der Waals surface area contributed by atoms with Crippen molar-refractivity contribution in [2.75, 3.05) is 19.7 Å². The number of hydrogen-bond acceptors (Lipinski definition) is 5. The summed E-state index contributed by atoms with van der Waals surface area (Å²) in [6.45, 7) is 10.1. The van der Waals surface area contributed by atoms with Gasteiger partial charge in [-0.15, -0.1) is 11.3 Å². The van der Waals surface area contributed by atoms with E-state index in [1.807, 2.05) is 24.4 Å². The third-order valence-corrected chi connectivity index (χ3v) is 7.82. The summed E-state index contributed by atoms with van der Waals surface area (Å²) >= 11 is 1.65. The van der Waals surface area contributed by atoms with E-state index < -0.39 is 23.3 Å². The van der Waals surface area contributed by atoms with Crippen LogP contribution in [0, 0.1) is 6.92 Å². The van der Waals surface area contributed by atoms with Crippen molar-refractivity contribution in [3.63, 3.8) is 0 Å². The van der Waals surface area contributed by atoms with E-state index in [0.717, 1.165) is 61.3 Å². The number of ether oxygens (including phenoxy) is 2. The van der Waals surface area contributed by atoms with Crippen molar-refractivity contribution in [2.45, 2.75) is 58.9 Å². The molecule has 37 heavy (non-hydrogen) atoms. The van der Waals surface area contributed by atoms with Crippen LogP contribution in [0.3, 0.4) is 0 Å². The number of nitrogens with zero attached hydrogens (tertiary/aromatic N) is 1. The first-order valence-electron chi connectivity index (χ1n) is 12.4. The highest BCUT2D eigenvalue weighted by atomic mass is 32.1. The second kappa shape index (κ2) is 10.9. The fourth-order valence-corrected chi connectivity index (χ4v) is 5.67. The fourth-order valence-electron chi connectivity index (χ4n) is 4.55. The minimum atomic E-state index is -4.33. The highest BCUT2D eigenvalue weighted by Crippen LogP contribution is 2.35. The van der Waals surface area contributed by atoms with Crippen LogP contribution in [0.1, 0.15) is 47.9 Å². The molecule has 0 spiro atoms. The van der Waals surface area contributed by atoms with Crippen molar-refractivity contribution in [1.82, 2.24) is 4.90 Å². The van der Waals surface area contributed by atoms with Gasteiger partial charge in [0.25, 0.3) is 0 Å². The highest BCUT2D eigenvalue weighted by molar-refractivity contribution is 7.10. The summed E-state index contributed by atoms with van der Waals surface area (Å²) < 4.78 is 49.9. The predicted molar refractivity (Wildman–Crippen MR) is 140 cm³/mol. The molecule has 0 N–H and O–H groups in total. The molecule has 0 saturated heterocycles. The molecule has 0 amide bonds. The average Bonchev–Trinajstić information content (AvgIpc) is 3.08. The molecule has 0 unspecified atom stereocenters. The lowest BCUT2D eigenvalue weighted by molar-refractivity contribution is -0.158. The van der Waals surface area contributed by atoms with Crippen LogP contribution < -0.4 is 4.74 Å². The van der Waals surface area contributed by atoms with E-state index >= 15 is 0 Å². The van der Waals surface area contributed by atoms with Crippen LogP contribution >= 0.6 is 11.3 Å². The van der Waals surface area contributed by atoms with Crippen molar-refractivity contribution >= 4 is 17.3 Å². The van der Waals surface area contributed by atoms with Crippen LogP contribution in [0.15, 0.2) is 47.8 Å². The zero-order valence-electron chi connectivity index (χ0n) is 21.6. The van der Waals surface area contributed by atoms with Crippen LogP contribution in [-0.2, 0) is 35.1 Å². The van der Waals surface area contributed by atoms with Gasteiger partial charge in [-0.25, -0.2) is 4.79 Å². The van der Waals surface area contributed by atoms with Crippen LogP contribution in [0.5, 0.6) is 5.75 Å². The van der Waals surface area contributed by atoms with Crippen LogP contribution in [0.4, 0.5) is 13.2 Å². The molecule has 0 saturated carbocycles. The Hall–Kier alpha value is -2.84. The van der Waals surface area contributed by atoms with Crippen molar-refractivity contribution in [1.29, 1.82) is 0 Å². The Morgan fingerprint density at radius 3 is 2.35 bits per heavy atom. The third kappa shape index (κ3) is 6.36. The molecule has 0 radical (unpaired) electrons. The van der Waals surface area contributed by atoms with Gasteiger partial charge in [0.05, 0.1) is 12.2 Å². The number of hydrogen-bond donors (Lipinski definition) is 0. The molecule has 2 aromatic carbocycles. The molecule has 8 heteroatoms. The first kappa shape index (κ1) is 27.2. The van der Waals surface area contributed by atoms with E-state index in [0.29, 0.717) is 12.4 Å². The first-order chi connectivity index (χ1) is 17.5. The van der Waals surface area contributed by atoms with E-state index in [9.17, 15) is 18.0 Å². The van der Waals surface area contributed by atoms with Gasteiger partial charge < -0.3 is 9.47 Å². The number of esters is 1. The quantitative estimate of drug-likeness (QED) is 0.306. The number of fused-ring (bicyclic) bond motifs is 1. The minimum Gasteiger partial charge on any atom is -0.476 e. The second-order valence-electron chi connectivity index (χ2n) is 9.81. The van der Waals surface area contributed by atoms with E-state index in [4.69, 9.17) is 9.47 Å². The van der Waals surface area contributed by atoms with Crippen molar-refractivity contribution in [2.24, 2.45) is 0 Å². The number of carbonyl (C=O) groups is 1. The van der Waals surface area contributed by atoms with Crippen molar-refractivity contribution in [3.8, 4) is 16.9 Å². The largest absolute Gasteiger partial charge is 0.476 e. The zero-order chi connectivity index (χ0) is 26.8. The lowest BCUT2D eigenvalue weighted by Crippen LogP contribution is -2.39. The van der Waals surface area contributed by atoms with Gasteiger partial charge in [-0.05, 0) is 98.0 Å². The number of rotatable bonds is 7. The lowest BCUT2D eigenvalue weighted by Gasteiger charge is -2.24. The van der Waals surface area contributed by atoms with E-state index in [1.54, 1.807) is 44.2 Å². The molecule has 1 aliphatic rings. The highest BCUT2D eigenvalue weighted by Gasteiger charge is 2.32. The molecule has 4 nitrogen and oxygen atoms in total. The topological polar surface area (TPSA) is 38.8 Å². The van der Waals surface area contributed by atoms with Gasteiger partial charge in [0.2, 0.25) is 0 Å². The summed E-state index contributed by atoms with van der Waals surface area (Å²) in [5, 5.41) is 2.04. The maximum absolute atomic E-state index is 12.9. The summed E-state index contributed by atoms with van der Waals surface area (Å²) in [5.74, 6) is 0.263. The smallest absolute Gasteiger partial charge is 0.416 e. The third-order valence-electron chi connectivity index (χ3n) is 6.74. The predicted octanol–water partition coefficient (Wildman–Crippen LogP) is 7.06. The van der Waals surface area contributed by atoms with Gasteiger partial charge in [0.1, 0.15) is 5.75 Å². The maximum Gasteiger partial charge on any atom is 0.416 e. The van der Waals surface area contributed by atoms with Gasteiger partial charge in [0.15, 0.2) is 5.60 Å². The Balaban J connectivity index is 1.42. The van der Waals surface area contributed by atoms with Crippen LogP contribution in [0.2, 0.25) is 0 Å². The maximum atomic E-state index is 12.9. The number of alkyl halides is 3. The summed E-state index contributed by atoms with van der Waals surface area (Å²) in [7, 11) is 0. The summed E-state index contributed by atoms with van der Waals surface area (Å²) in [6, 6.07) is 11.4. The molecular formula is C29H32F3NO3S. The zero-order valence-corrected chi connectivity index (χ0v) is 22.4. The molecule has 1 aromatic heterocycles. The monoisotopic (exact) mass is 531 g/mol. The summed E-state index contributed by atoms with van der Waals surface area (Å²) in [6.07, 6.45) is -2.56. The Kier molecular flexibility index (Phi) is 7.99. The van der Waals surface area contributed by atoms with Gasteiger partial charge >= 0.3 is 12.1 Å². The first-order valence-corrected chi connectivity index (χ1v) is 13.3. The molecule has 1 aliphatic heterocycles. The average molecular weight is 532 g/mol. The molecular weight excluding hydrogens is 499 g/mol. The molecule has 2 heterocycles. The van der Waals surface area contributed by atoms with E-state index in [1.165, 1.54) is 16.0 Å². The van der Waals surface area contributed by atoms with Gasteiger partial charge in [-0.2, -0.15) is 13.2 Å². The second-order valence-corrected chi connectivity index (χ2v) is 10.8. The number of carbonyl (C=O) groups excluding carboxylic acids is 1. The number of benzene rings is 2. The minimum absolute atomic E-state index is 0.307. The normalized spacial score (nSPS) is 14.7. The molecule has 0 fully saturated rings. The summed E-state index contributed by atoms with van der Waals surface area (Å²) in [5.41, 5.74) is 3.69. The Labute approximate surface area is 220 Å². The summed E-state index contributed by atoms with van der Waals surface area (Å²) in [4.78, 5) is 15.8. The molecule has 4 rings (SSSR count). The standard InChI is InChI=1S/C29H32F3NO3S/c1-5-35-27(34)28(3,4)36-24-11-8-20-12-14-33(15-13-22(20)16-24)17-26-19(2)25(18-37-26)21-6-9-23(10-7-21)29(30,31)32/h6-11,16,18H,5,12-15,17H2,1-4H3. The van der Waals surface area contributed by atoms with Gasteiger partial charge in [-0.1, -0.05) is 18.2 Å². The lowest BCUT2D eigenvalue weighted by atomic mass is 10.0. The number of thiophene rings is 1. The Morgan fingerprint density at radius 1 is 1.03 bits per heavy atom. The molecule has 0 bridgehead atoms. The van der Waals surface area contributed by atoms with Crippen LogP contribution in [0.25, 0.3) is 11.1 Å². The molecule has 0 aliphatic carbocycles. The molecule has 198 valence electrons. The SMILES string of the molecule is CCOC(=O)C(C)(C)Oc1ccc2c(c1)CCN(Cc1scc(-c3ccc(C(F)(F)F)cc3)c1C)CC2. The van der Waals surface area contributed by atoms with Gasteiger partial charge in [-0.3, -0.25) is 4.90 Å². The van der Waals surface area contributed by atoms with E-state index in [-0.39, 0.29) is 0 Å². The van der Waals surface area contributed by atoms with Crippen LogP contribution in [-0.4, -0.2) is 36.2 Å². The van der Waals surface area contributed by atoms with E-state index in [2.05, 4.69) is 11.0 Å².